The number of primary amides is 1. The number of hydrogen-bond acceptors (Lipinski definition) is 7. The van der Waals surface area contributed by atoms with Crippen molar-refractivity contribution in [1.29, 1.82) is 0 Å². The smallest absolute Gasteiger partial charge is 0.249 e. The van der Waals surface area contributed by atoms with Gasteiger partial charge in [-0.3, -0.25) is 14.3 Å². The number of carbonyl (C=O) groups is 1. The molecule has 4 rings (SSSR count). The molecule has 0 radical (unpaired) electrons. The summed E-state index contributed by atoms with van der Waals surface area (Å²) in [4.78, 5) is 26.6. The van der Waals surface area contributed by atoms with Gasteiger partial charge < -0.3 is 15.2 Å². The first-order chi connectivity index (χ1) is 14.7. The van der Waals surface area contributed by atoms with Gasteiger partial charge in [0.1, 0.15) is 12.1 Å². The monoisotopic (exact) mass is 427 g/mol. The third-order valence-corrected chi connectivity index (χ3v) is 6.25. The molecule has 0 bridgehead atoms. The number of nitrogens with zero attached hydrogens (tertiary/aromatic N) is 4. The zero-order valence-corrected chi connectivity index (χ0v) is 17.7. The second kappa shape index (κ2) is 9.46. The first-order valence-electron chi connectivity index (χ1n) is 9.99. The van der Waals surface area contributed by atoms with Crippen LogP contribution in [0.5, 0.6) is 0 Å². The summed E-state index contributed by atoms with van der Waals surface area (Å²) in [5.74, 6) is 0.360. The Morgan fingerprint density at radius 3 is 2.73 bits per heavy atom. The molecule has 158 valence electrons. The minimum absolute atomic E-state index is 0.191. The molecule has 2 N–H and O–H groups in total. The Labute approximate surface area is 179 Å². The highest BCUT2D eigenvalue weighted by molar-refractivity contribution is 7.13. The molecule has 3 aromatic rings. The fraction of sp³-hybridized carbons (Fsp3) is 0.429. The zero-order chi connectivity index (χ0) is 20.9. The van der Waals surface area contributed by atoms with Crippen LogP contribution < -0.4 is 5.73 Å². The van der Waals surface area contributed by atoms with Gasteiger partial charge in [-0.25, -0.2) is 9.97 Å². The van der Waals surface area contributed by atoms with Gasteiger partial charge in [0.05, 0.1) is 35.4 Å². The van der Waals surface area contributed by atoms with Crippen LogP contribution in [0.15, 0.2) is 36.5 Å². The van der Waals surface area contributed by atoms with Gasteiger partial charge in [0.2, 0.25) is 5.91 Å². The Balaban J connectivity index is 1.69. The lowest BCUT2D eigenvalue weighted by molar-refractivity contribution is -0.00281. The van der Waals surface area contributed by atoms with E-state index in [2.05, 4.69) is 9.97 Å². The lowest BCUT2D eigenvalue weighted by Gasteiger charge is -2.30. The highest BCUT2D eigenvalue weighted by Gasteiger charge is 2.30. The number of nitrogens with two attached hydrogens (primary N) is 1. The van der Waals surface area contributed by atoms with E-state index in [1.165, 1.54) is 11.3 Å². The Morgan fingerprint density at radius 1 is 1.27 bits per heavy atom. The average Bonchev–Trinajstić information content (AvgIpc) is 3.48. The number of amides is 1. The largest absolute Gasteiger partial charge is 0.382 e. The molecule has 3 aromatic heterocycles. The van der Waals surface area contributed by atoms with Crippen LogP contribution in [-0.2, 0) is 9.47 Å². The first kappa shape index (κ1) is 20.6. The number of rotatable bonds is 8. The van der Waals surface area contributed by atoms with Gasteiger partial charge in [-0.05, 0) is 43.2 Å². The number of hydrogen-bond donors (Lipinski definition) is 1. The van der Waals surface area contributed by atoms with Gasteiger partial charge in [-0.2, -0.15) is 0 Å². The van der Waals surface area contributed by atoms with E-state index in [1.54, 1.807) is 48.2 Å². The highest BCUT2D eigenvalue weighted by Crippen LogP contribution is 2.41. The molecule has 0 aliphatic heterocycles. The molecule has 1 saturated carbocycles. The van der Waals surface area contributed by atoms with Crippen LogP contribution in [0.3, 0.4) is 0 Å². The van der Waals surface area contributed by atoms with Crippen molar-refractivity contribution in [3.8, 4) is 16.4 Å². The minimum atomic E-state index is -0.446. The summed E-state index contributed by atoms with van der Waals surface area (Å²) in [6.07, 6.45) is 10.8. The van der Waals surface area contributed by atoms with Crippen molar-refractivity contribution in [2.45, 2.75) is 37.7 Å². The van der Waals surface area contributed by atoms with E-state index in [-0.39, 0.29) is 12.0 Å². The summed E-state index contributed by atoms with van der Waals surface area (Å²) < 4.78 is 12.8. The summed E-state index contributed by atoms with van der Waals surface area (Å²) in [7, 11) is 1.67. The summed E-state index contributed by atoms with van der Waals surface area (Å²) in [6.45, 7) is 1.20. The molecule has 0 saturated heterocycles. The molecule has 0 spiro atoms. The predicted octanol–water partition coefficient (Wildman–Crippen LogP) is 3.18. The number of thiazole rings is 1. The Hall–Kier alpha value is -2.62. The van der Waals surface area contributed by atoms with Crippen molar-refractivity contribution in [2.24, 2.45) is 5.73 Å². The molecule has 30 heavy (non-hydrogen) atoms. The maximum atomic E-state index is 12.5. The van der Waals surface area contributed by atoms with Crippen molar-refractivity contribution in [3.05, 3.63) is 47.6 Å². The van der Waals surface area contributed by atoms with Gasteiger partial charge in [0.25, 0.3) is 0 Å². The molecule has 1 aliphatic carbocycles. The second-order valence-corrected chi connectivity index (χ2v) is 8.21. The highest BCUT2D eigenvalue weighted by atomic mass is 32.1. The fourth-order valence-electron chi connectivity index (χ4n) is 4.02. The third kappa shape index (κ3) is 4.43. The predicted molar refractivity (Wildman–Crippen MR) is 114 cm³/mol. The number of aromatic nitrogens is 4. The van der Waals surface area contributed by atoms with Crippen LogP contribution in [0.1, 0.15) is 47.5 Å². The van der Waals surface area contributed by atoms with Crippen molar-refractivity contribution in [2.75, 3.05) is 20.3 Å². The molecular formula is C21H25N5O3S. The van der Waals surface area contributed by atoms with Crippen LogP contribution in [-0.4, -0.2) is 51.9 Å². The maximum Gasteiger partial charge on any atom is 0.249 e. The Morgan fingerprint density at radius 2 is 2.10 bits per heavy atom. The maximum absolute atomic E-state index is 12.5. The van der Waals surface area contributed by atoms with Crippen molar-refractivity contribution in [3.63, 3.8) is 0 Å². The number of pyridine rings is 1. The standard InChI is InChI=1S/C21H25N5O3S/c1-28-8-9-29-15-4-2-14(3-5-15)19-16(21(22)27)10-18(26-7-6-23-12-26)25-20(19)17-11-24-13-30-17/h6-7,10-15H,2-5,8-9H2,1H3,(H2,22,27). The van der Waals surface area contributed by atoms with Crippen molar-refractivity contribution >= 4 is 17.2 Å². The molecule has 1 fully saturated rings. The van der Waals surface area contributed by atoms with Crippen LogP contribution >= 0.6 is 11.3 Å². The SMILES string of the molecule is COCCOC1CCC(c2c(C(N)=O)cc(-n3ccnc3)nc2-c2cncs2)CC1. The molecule has 0 unspecified atom stereocenters. The van der Waals surface area contributed by atoms with E-state index in [4.69, 9.17) is 20.2 Å². The first-order valence-corrected chi connectivity index (χ1v) is 10.9. The molecular weight excluding hydrogens is 402 g/mol. The quantitative estimate of drug-likeness (QED) is 0.554. The van der Waals surface area contributed by atoms with Crippen LogP contribution in [0.25, 0.3) is 16.4 Å². The second-order valence-electron chi connectivity index (χ2n) is 7.33. The van der Waals surface area contributed by atoms with E-state index < -0.39 is 5.91 Å². The molecule has 1 amide bonds. The number of carbonyl (C=O) groups excluding carboxylic acids is 1. The Kier molecular flexibility index (Phi) is 6.51. The number of ether oxygens (including phenoxy) is 2. The molecule has 1 aliphatic rings. The summed E-state index contributed by atoms with van der Waals surface area (Å²) in [5, 5.41) is 0. The molecule has 8 nitrogen and oxygen atoms in total. The van der Waals surface area contributed by atoms with Crippen LogP contribution in [0.2, 0.25) is 0 Å². The topological polar surface area (TPSA) is 105 Å². The normalized spacial score (nSPS) is 19.1. The summed E-state index contributed by atoms with van der Waals surface area (Å²) in [5.41, 5.74) is 9.82. The van der Waals surface area contributed by atoms with E-state index in [9.17, 15) is 4.79 Å². The van der Waals surface area contributed by atoms with E-state index in [0.29, 0.717) is 24.6 Å². The van der Waals surface area contributed by atoms with E-state index in [1.807, 2.05) is 0 Å². The molecule has 3 heterocycles. The minimum Gasteiger partial charge on any atom is -0.382 e. The van der Waals surface area contributed by atoms with Crippen LogP contribution in [0.4, 0.5) is 0 Å². The van der Waals surface area contributed by atoms with Gasteiger partial charge in [-0.1, -0.05) is 0 Å². The average molecular weight is 428 g/mol. The van der Waals surface area contributed by atoms with Crippen molar-refractivity contribution in [1.82, 2.24) is 19.5 Å². The van der Waals surface area contributed by atoms with Gasteiger partial charge in [0.15, 0.2) is 0 Å². The lowest BCUT2D eigenvalue weighted by Crippen LogP contribution is -2.25. The van der Waals surface area contributed by atoms with Gasteiger partial charge in [-0.15, -0.1) is 11.3 Å². The van der Waals surface area contributed by atoms with E-state index >= 15 is 0 Å². The van der Waals surface area contributed by atoms with E-state index in [0.717, 1.165) is 41.8 Å². The number of imidazole rings is 1. The fourth-order valence-corrected chi connectivity index (χ4v) is 4.65. The van der Waals surface area contributed by atoms with Crippen molar-refractivity contribution < 1.29 is 14.3 Å². The Bertz CT molecular complexity index is 967. The van der Waals surface area contributed by atoms with Crippen LogP contribution in [0, 0.1) is 0 Å². The van der Waals surface area contributed by atoms with Gasteiger partial charge in [0, 0.05) is 31.3 Å². The zero-order valence-electron chi connectivity index (χ0n) is 16.9. The molecule has 0 aromatic carbocycles. The third-order valence-electron chi connectivity index (χ3n) is 5.47. The lowest BCUT2D eigenvalue weighted by atomic mass is 9.79. The van der Waals surface area contributed by atoms with Gasteiger partial charge >= 0.3 is 0 Å². The summed E-state index contributed by atoms with van der Waals surface area (Å²) >= 11 is 1.51. The molecule has 9 heteroatoms. The summed E-state index contributed by atoms with van der Waals surface area (Å²) in [6, 6.07) is 1.77. The molecule has 0 atom stereocenters. The number of methoxy groups -OCH3 is 1.